The van der Waals surface area contributed by atoms with Gasteiger partial charge >= 0.3 is 0 Å². The first-order chi connectivity index (χ1) is 15.1. The number of methoxy groups -OCH3 is 1. The second-order valence-corrected chi connectivity index (χ2v) is 8.10. The number of ether oxygens (including phenoxy) is 1. The number of aromatic amines is 1. The second-order valence-electron chi connectivity index (χ2n) is 8.10. The zero-order valence-corrected chi connectivity index (χ0v) is 17.3. The summed E-state index contributed by atoms with van der Waals surface area (Å²) in [5.74, 6) is 0.490. The van der Waals surface area contributed by atoms with Gasteiger partial charge in [0, 0.05) is 56.1 Å². The average Bonchev–Trinajstić information content (AvgIpc) is 3.42. The predicted molar refractivity (Wildman–Crippen MR) is 114 cm³/mol. The second kappa shape index (κ2) is 7.98. The van der Waals surface area contributed by atoms with Crippen LogP contribution in [0, 0.1) is 5.92 Å². The van der Waals surface area contributed by atoms with Crippen LogP contribution in [0.2, 0.25) is 0 Å². The monoisotopic (exact) mass is 420 g/mol. The molecule has 2 aromatic heterocycles. The molecular formula is C22H24N6O3. The van der Waals surface area contributed by atoms with E-state index in [1.54, 1.807) is 24.4 Å². The smallest absolute Gasteiger partial charge is 0.228 e. The molecule has 0 bridgehead atoms. The number of nitrogens with one attached hydrogen (secondary N) is 1. The van der Waals surface area contributed by atoms with E-state index in [0.717, 1.165) is 29.7 Å². The maximum atomic E-state index is 13.3. The number of carbonyl (C=O) groups excluding carboxylic acids is 2. The lowest BCUT2D eigenvalue weighted by Gasteiger charge is -2.33. The quantitative estimate of drug-likeness (QED) is 0.693. The van der Waals surface area contributed by atoms with Crippen LogP contribution in [0.1, 0.15) is 30.9 Å². The van der Waals surface area contributed by atoms with E-state index >= 15 is 0 Å². The van der Waals surface area contributed by atoms with Crippen molar-refractivity contribution in [2.24, 2.45) is 5.92 Å². The fourth-order valence-electron chi connectivity index (χ4n) is 4.63. The summed E-state index contributed by atoms with van der Waals surface area (Å²) >= 11 is 0. The number of likely N-dealkylation sites (tertiary alicyclic amines) is 1. The number of hydrogen-bond donors (Lipinski definition) is 1. The maximum Gasteiger partial charge on any atom is 0.228 e. The molecule has 0 aliphatic carbocycles. The molecule has 1 aromatic carbocycles. The number of anilines is 1. The zero-order valence-electron chi connectivity index (χ0n) is 17.3. The first-order valence-electron chi connectivity index (χ1n) is 10.5. The lowest BCUT2D eigenvalue weighted by molar-refractivity contribution is -0.137. The van der Waals surface area contributed by atoms with Crippen LogP contribution in [0.4, 0.5) is 5.69 Å². The highest BCUT2D eigenvalue weighted by molar-refractivity contribution is 6.00. The van der Waals surface area contributed by atoms with E-state index in [1.165, 1.54) is 0 Å². The summed E-state index contributed by atoms with van der Waals surface area (Å²) in [7, 11) is 1.60. The first kappa shape index (κ1) is 19.5. The topological polar surface area (TPSA) is 104 Å². The van der Waals surface area contributed by atoms with Gasteiger partial charge in [0.05, 0.1) is 18.7 Å². The fourth-order valence-corrected chi connectivity index (χ4v) is 4.63. The minimum atomic E-state index is -0.337. The average molecular weight is 420 g/mol. The van der Waals surface area contributed by atoms with Crippen LogP contribution in [0.25, 0.3) is 11.2 Å². The molecule has 4 heterocycles. The Balaban J connectivity index is 1.30. The third kappa shape index (κ3) is 3.60. The van der Waals surface area contributed by atoms with Crippen molar-refractivity contribution >= 4 is 28.7 Å². The van der Waals surface area contributed by atoms with Crippen molar-refractivity contribution in [1.82, 2.24) is 25.1 Å². The van der Waals surface area contributed by atoms with Gasteiger partial charge in [-0.25, -0.2) is 9.97 Å². The van der Waals surface area contributed by atoms with E-state index in [0.29, 0.717) is 31.0 Å². The summed E-state index contributed by atoms with van der Waals surface area (Å²) < 4.78 is 5.27. The number of benzene rings is 1. The molecule has 0 radical (unpaired) electrons. The van der Waals surface area contributed by atoms with Crippen molar-refractivity contribution < 1.29 is 14.3 Å². The number of rotatable bonds is 4. The number of piperidine rings is 1. The summed E-state index contributed by atoms with van der Waals surface area (Å²) in [5.41, 5.74) is 3.05. The number of fused-ring (bicyclic) bond motifs is 1. The molecule has 31 heavy (non-hydrogen) atoms. The minimum Gasteiger partial charge on any atom is -0.497 e. The van der Waals surface area contributed by atoms with E-state index in [-0.39, 0.29) is 30.1 Å². The summed E-state index contributed by atoms with van der Waals surface area (Å²) in [6, 6.07) is 7.38. The van der Waals surface area contributed by atoms with Gasteiger partial charge in [-0.2, -0.15) is 5.10 Å². The molecule has 2 amide bonds. The molecule has 9 nitrogen and oxygen atoms in total. The van der Waals surface area contributed by atoms with Crippen LogP contribution in [-0.4, -0.2) is 63.6 Å². The number of hydrogen-bond acceptors (Lipinski definition) is 6. The fraction of sp³-hybridized carbons (Fsp3) is 0.409. The predicted octanol–water partition coefficient (Wildman–Crippen LogP) is 2.12. The van der Waals surface area contributed by atoms with Crippen LogP contribution < -0.4 is 9.64 Å². The minimum absolute atomic E-state index is 0.0324. The van der Waals surface area contributed by atoms with Gasteiger partial charge in [-0.1, -0.05) is 6.07 Å². The van der Waals surface area contributed by atoms with Crippen LogP contribution >= 0.6 is 0 Å². The van der Waals surface area contributed by atoms with E-state index < -0.39 is 0 Å². The van der Waals surface area contributed by atoms with Crippen molar-refractivity contribution in [3.05, 3.63) is 42.4 Å². The highest BCUT2D eigenvalue weighted by atomic mass is 16.5. The van der Waals surface area contributed by atoms with Crippen molar-refractivity contribution in [2.45, 2.75) is 25.2 Å². The largest absolute Gasteiger partial charge is 0.497 e. The molecule has 3 aromatic rings. The van der Waals surface area contributed by atoms with Gasteiger partial charge in [0.15, 0.2) is 5.65 Å². The van der Waals surface area contributed by atoms with Gasteiger partial charge in [-0.05, 0) is 25.0 Å². The number of amides is 2. The molecule has 2 aliphatic heterocycles. The molecule has 2 atom stereocenters. The number of aromatic nitrogens is 4. The van der Waals surface area contributed by atoms with Crippen LogP contribution in [0.15, 0.2) is 36.7 Å². The Morgan fingerprint density at radius 1 is 1.23 bits per heavy atom. The first-order valence-corrected chi connectivity index (χ1v) is 10.5. The van der Waals surface area contributed by atoms with Crippen LogP contribution in [-0.2, 0) is 9.59 Å². The lowest BCUT2D eigenvalue weighted by atomic mass is 9.93. The normalized spacial score (nSPS) is 21.6. The number of H-pyrrole nitrogens is 1. The molecule has 5 rings (SSSR count). The highest BCUT2D eigenvalue weighted by Gasteiger charge is 2.39. The van der Waals surface area contributed by atoms with Crippen molar-refractivity contribution in [1.29, 1.82) is 0 Å². The lowest BCUT2D eigenvalue weighted by Crippen LogP contribution is -2.43. The van der Waals surface area contributed by atoms with Gasteiger partial charge in [-0.3, -0.25) is 14.7 Å². The Labute approximate surface area is 179 Å². The van der Waals surface area contributed by atoms with E-state index in [2.05, 4.69) is 20.2 Å². The Morgan fingerprint density at radius 2 is 2.10 bits per heavy atom. The molecule has 0 spiro atoms. The summed E-state index contributed by atoms with van der Waals surface area (Å²) in [4.78, 5) is 38.2. The van der Waals surface area contributed by atoms with Gasteiger partial charge in [0.2, 0.25) is 11.8 Å². The summed E-state index contributed by atoms with van der Waals surface area (Å²) in [6.07, 6.45) is 5.36. The summed E-state index contributed by atoms with van der Waals surface area (Å²) in [5, 5.41) is 7.32. The molecule has 1 N–H and O–H groups in total. The molecule has 0 unspecified atom stereocenters. The van der Waals surface area contributed by atoms with E-state index in [9.17, 15) is 9.59 Å². The number of nitrogens with zero attached hydrogens (tertiary/aromatic N) is 5. The molecule has 2 fully saturated rings. The van der Waals surface area contributed by atoms with Gasteiger partial charge in [-0.15, -0.1) is 0 Å². The Bertz CT molecular complexity index is 1130. The molecule has 2 aliphatic rings. The van der Waals surface area contributed by atoms with Crippen LogP contribution in [0.3, 0.4) is 0 Å². The molecule has 160 valence electrons. The Morgan fingerprint density at radius 3 is 2.97 bits per heavy atom. The molecule has 2 saturated heterocycles. The van der Waals surface area contributed by atoms with Crippen molar-refractivity contribution in [3.8, 4) is 5.75 Å². The van der Waals surface area contributed by atoms with Gasteiger partial charge in [0.1, 0.15) is 11.3 Å². The van der Waals surface area contributed by atoms with E-state index in [4.69, 9.17) is 4.74 Å². The summed E-state index contributed by atoms with van der Waals surface area (Å²) in [6.45, 7) is 1.69. The zero-order chi connectivity index (χ0) is 21.4. The third-order valence-corrected chi connectivity index (χ3v) is 6.20. The Hall–Kier alpha value is -3.49. The van der Waals surface area contributed by atoms with Gasteiger partial charge < -0.3 is 14.5 Å². The highest BCUT2D eigenvalue weighted by Crippen LogP contribution is 2.32. The Kier molecular flexibility index (Phi) is 5.01. The van der Waals surface area contributed by atoms with Crippen molar-refractivity contribution in [2.75, 3.05) is 31.6 Å². The van der Waals surface area contributed by atoms with Crippen LogP contribution in [0.5, 0.6) is 5.75 Å². The molecular weight excluding hydrogens is 396 g/mol. The number of carbonyl (C=O) groups is 2. The standard InChI is InChI=1S/C22H24N6O3/c1-31-17-6-2-5-16(11-17)28-13-15(10-18(28)29)22(30)27-9-3-4-14(12-27)19-20-21(26-25-19)24-8-7-23-20/h2,5-8,11,14-15H,3-4,9-10,12-13H2,1H3,(H,24,25,26)/t14-,15+/m0/s1. The maximum absolute atomic E-state index is 13.3. The SMILES string of the molecule is COc1cccc(N2C[C@H](C(=O)N3CCC[C@H](c4[nH]nc5nccnc45)C3)CC2=O)c1. The van der Waals surface area contributed by atoms with Crippen molar-refractivity contribution in [3.63, 3.8) is 0 Å². The molecule has 9 heteroatoms. The van der Waals surface area contributed by atoms with E-state index in [1.807, 2.05) is 29.2 Å². The molecule has 0 saturated carbocycles. The third-order valence-electron chi connectivity index (χ3n) is 6.20. The van der Waals surface area contributed by atoms with Gasteiger partial charge in [0.25, 0.3) is 0 Å².